The maximum atomic E-state index is 12.1. The zero-order valence-electron chi connectivity index (χ0n) is 14.5. The first-order valence-corrected chi connectivity index (χ1v) is 7.78. The number of esters is 1. The lowest BCUT2D eigenvalue weighted by Crippen LogP contribution is -2.21. The molecular formula is C17H17N5O4. The average Bonchev–Trinajstić information content (AvgIpc) is 3.05. The zero-order valence-corrected chi connectivity index (χ0v) is 14.5. The number of aryl methyl sites for hydroxylation is 2. The summed E-state index contributed by atoms with van der Waals surface area (Å²) in [6.45, 7) is 3.20. The largest absolute Gasteiger partial charge is 0.497 e. The molecule has 0 saturated carbocycles. The van der Waals surface area contributed by atoms with E-state index in [2.05, 4.69) is 20.4 Å². The van der Waals surface area contributed by atoms with Crippen molar-refractivity contribution in [1.82, 2.24) is 19.6 Å². The highest BCUT2D eigenvalue weighted by Gasteiger charge is 2.17. The Balaban J connectivity index is 1.61. The fraction of sp³-hybridized carbons (Fsp3) is 0.235. The van der Waals surface area contributed by atoms with E-state index in [4.69, 9.17) is 9.47 Å². The van der Waals surface area contributed by atoms with Gasteiger partial charge in [-0.25, -0.2) is 14.3 Å². The van der Waals surface area contributed by atoms with Crippen molar-refractivity contribution >= 4 is 23.3 Å². The topological polar surface area (TPSA) is 108 Å². The molecule has 0 aliphatic heterocycles. The van der Waals surface area contributed by atoms with Gasteiger partial charge in [0.05, 0.1) is 7.11 Å². The van der Waals surface area contributed by atoms with Crippen molar-refractivity contribution in [2.45, 2.75) is 13.8 Å². The molecule has 9 nitrogen and oxygen atoms in total. The Morgan fingerprint density at radius 2 is 1.88 bits per heavy atom. The molecule has 0 bridgehead atoms. The predicted octanol–water partition coefficient (Wildman–Crippen LogP) is 1.55. The Hall–Kier alpha value is -3.49. The lowest BCUT2D eigenvalue weighted by molar-refractivity contribution is -0.119. The minimum atomic E-state index is -0.794. The van der Waals surface area contributed by atoms with E-state index >= 15 is 0 Å². The third-order valence-corrected chi connectivity index (χ3v) is 3.51. The van der Waals surface area contributed by atoms with Gasteiger partial charge in [0.15, 0.2) is 6.61 Å². The molecule has 9 heteroatoms. The van der Waals surface area contributed by atoms with Crippen LogP contribution in [0.25, 0.3) is 5.78 Å². The minimum Gasteiger partial charge on any atom is -0.497 e. The van der Waals surface area contributed by atoms with Crippen LogP contribution >= 0.6 is 0 Å². The quantitative estimate of drug-likeness (QED) is 0.692. The summed E-state index contributed by atoms with van der Waals surface area (Å²) in [6.07, 6.45) is 0. The molecule has 1 aromatic carbocycles. The molecular weight excluding hydrogens is 338 g/mol. The number of fused-ring (bicyclic) bond motifs is 1. The summed E-state index contributed by atoms with van der Waals surface area (Å²) in [5, 5.41) is 6.67. The number of rotatable bonds is 5. The number of amides is 1. The highest BCUT2D eigenvalue weighted by Crippen LogP contribution is 2.14. The number of carbonyl (C=O) groups is 2. The molecule has 1 N–H and O–H groups in total. The number of aromatic nitrogens is 4. The highest BCUT2D eigenvalue weighted by molar-refractivity contribution is 5.94. The standard InChI is InChI=1S/C17H17N5O4/c1-10-8-11(2)22-17(18-10)20-15(21-22)16(24)26-9-14(23)19-12-4-6-13(25-3)7-5-12/h4-8H,9H2,1-3H3,(H,19,23). The fourth-order valence-electron chi connectivity index (χ4n) is 2.32. The lowest BCUT2D eigenvalue weighted by Gasteiger charge is -2.06. The Bertz CT molecular complexity index is 965. The second-order valence-corrected chi connectivity index (χ2v) is 5.54. The smallest absolute Gasteiger partial charge is 0.378 e. The van der Waals surface area contributed by atoms with Gasteiger partial charge in [-0.05, 0) is 44.2 Å². The van der Waals surface area contributed by atoms with Crippen molar-refractivity contribution in [3.63, 3.8) is 0 Å². The van der Waals surface area contributed by atoms with Crippen LogP contribution in [-0.2, 0) is 9.53 Å². The van der Waals surface area contributed by atoms with Gasteiger partial charge in [0.2, 0.25) is 0 Å². The van der Waals surface area contributed by atoms with E-state index in [1.54, 1.807) is 31.4 Å². The number of hydrogen-bond donors (Lipinski definition) is 1. The highest BCUT2D eigenvalue weighted by atomic mass is 16.5. The lowest BCUT2D eigenvalue weighted by atomic mass is 10.3. The van der Waals surface area contributed by atoms with Crippen molar-refractivity contribution < 1.29 is 19.1 Å². The van der Waals surface area contributed by atoms with E-state index in [1.165, 1.54) is 4.52 Å². The molecule has 134 valence electrons. The van der Waals surface area contributed by atoms with Crippen molar-refractivity contribution in [3.05, 3.63) is 47.5 Å². The van der Waals surface area contributed by atoms with Crippen LogP contribution in [-0.4, -0.2) is 45.2 Å². The second-order valence-electron chi connectivity index (χ2n) is 5.54. The summed E-state index contributed by atoms with van der Waals surface area (Å²) in [5.74, 6) is -0.443. The molecule has 0 atom stereocenters. The molecule has 0 fully saturated rings. The Morgan fingerprint density at radius 1 is 1.15 bits per heavy atom. The van der Waals surface area contributed by atoms with Gasteiger partial charge in [-0.15, -0.1) is 5.10 Å². The first-order valence-electron chi connectivity index (χ1n) is 7.78. The molecule has 0 aliphatic carbocycles. The summed E-state index contributed by atoms with van der Waals surface area (Å²) < 4.78 is 11.5. The van der Waals surface area contributed by atoms with Gasteiger partial charge in [0.1, 0.15) is 5.75 Å². The monoisotopic (exact) mass is 355 g/mol. The molecule has 2 heterocycles. The Morgan fingerprint density at radius 3 is 2.58 bits per heavy atom. The normalized spacial score (nSPS) is 10.6. The predicted molar refractivity (Wildman–Crippen MR) is 92.2 cm³/mol. The molecule has 0 aliphatic rings. The van der Waals surface area contributed by atoms with E-state index in [-0.39, 0.29) is 5.82 Å². The summed E-state index contributed by atoms with van der Waals surface area (Å²) in [5.41, 5.74) is 2.12. The minimum absolute atomic E-state index is 0.150. The van der Waals surface area contributed by atoms with Gasteiger partial charge < -0.3 is 14.8 Å². The molecule has 0 unspecified atom stereocenters. The third kappa shape index (κ3) is 3.77. The van der Waals surface area contributed by atoms with E-state index in [1.807, 2.05) is 19.9 Å². The van der Waals surface area contributed by atoms with E-state index < -0.39 is 18.5 Å². The molecule has 26 heavy (non-hydrogen) atoms. The number of hydrogen-bond acceptors (Lipinski definition) is 7. The summed E-state index contributed by atoms with van der Waals surface area (Å²) in [7, 11) is 1.55. The SMILES string of the molecule is COc1ccc(NC(=O)COC(=O)c2nc3nc(C)cc(C)n3n2)cc1. The van der Waals surface area contributed by atoms with Crippen LogP contribution in [0.1, 0.15) is 22.0 Å². The first-order chi connectivity index (χ1) is 12.5. The summed E-state index contributed by atoms with van der Waals surface area (Å²) >= 11 is 0. The Labute approximate surface area is 149 Å². The molecule has 0 spiro atoms. The number of ether oxygens (including phenoxy) is 2. The van der Waals surface area contributed by atoms with Gasteiger partial charge >= 0.3 is 5.97 Å². The number of nitrogens with zero attached hydrogens (tertiary/aromatic N) is 4. The van der Waals surface area contributed by atoms with Gasteiger partial charge in [-0.2, -0.15) is 4.98 Å². The van der Waals surface area contributed by atoms with Crippen LogP contribution in [0, 0.1) is 13.8 Å². The molecule has 0 saturated heterocycles. The second kappa shape index (κ2) is 7.18. The van der Waals surface area contributed by atoms with Crippen LogP contribution in [0.3, 0.4) is 0 Å². The van der Waals surface area contributed by atoms with Crippen LogP contribution in [0.5, 0.6) is 5.75 Å². The first kappa shape index (κ1) is 17.3. The number of carbonyl (C=O) groups excluding carboxylic acids is 2. The Kier molecular flexibility index (Phi) is 4.78. The molecule has 3 rings (SSSR count). The van der Waals surface area contributed by atoms with Crippen molar-refractivity contribution in [2.75, 3.05) is 19.0 Å². The average molecular weight is 355 g/mol. The van der Waals surface area contributed by atoms with Crippen LogP contribution in [0.15, 0.2) is 30.3 Å². The maximum Gasteiger partial charge on any atom is 0.378 e. The molecule has 2 aromatic heterocycles. The maximum absolute atomic E-state index is 12.1. The van der Waals surface area contributed by atoms with Gasteiger partial charge in [0.25, 0.3) is 17.5 Å². The van der Waals surface area contributed by atoms with Crippen LogP contribution in [0.2, 0.25) is 0 Å². The number of benzene rings is 1. The van der Waals surface area contributed by atoms with Gasteiger partial charge in [-0.3, -0.25) is 4.79 Å². The summed E-state index contributed by atoms with van der Waals surface area (Å²) in [6, 6.07) is 8.59. The van der Waals surface area contributed by atoms with Crippen molar-refractivity contribution in [2.24, 2.45) is 0 Å². The molecule has 1 amide bonds. The van der Waals surface area contributed by atoms with Crippen LogP contribution in [0.4, 0.5) is 5.69 Å². The molecule has 3 aromatic rings. The van der Waals surface area contributed by atoms with Gasteiger partial charge in [0, 0.05) is 17.1 Å². The van der Waals surface area contributed by atoms with Crippen LogP contribution < -0.4 is 10.1 Å². The van der Waals surface area contributed by atoms with E-state index in [0.717, 1.165) is 11.4 Å². The van der Waals surface area contributed by atoms with E-state index in [0.29, 0.717) is 17.2 Å². The van der Waals surface area contributed by atoms with Gasteiger partial charge in [-0.1, -0.05) is 0 Å². The zero-order chi connectivity index (χ0) is 18.7. The summed E-state index contributed by atoms with van der Waals surface area (Å²) in [4.78, 5) is 32.2. The fourth-order valence-corrected chi connectivity index (χ4v) is 2.32. The van der Waals surface area contributed by atoms with Crippen molar-refractivity contribution in [1.29, 1.82) is 0 Å². The number of anilines is 1. The molecule has 0 radical (unpaired) electrons. The van der Waals surface area contributed by atoms with E-state index in [9.17, 15) is 9.59 Å². The van der Waals surface area contributed by atoms with Crippen molar-refractivity contribution in [3.8, 4) is 5.75 Å². The number of nitrogens with one attached hydrogen (secondary N) is 1. The third-order valence-electron chi connectivity index (χ3n) is 3.51. The number of methoxy groups -OCH3 is 1.